The number of carboxylic acid groups (broad SMARTS) is 1. The lowest BCUT2D eigenvalue weighted by Gasteiger charge is -2.36. The number of rotatable bonds is 3. The molecule has 110 valence electrons. The first-order valence-corrected chi connectivity index (χ1v) is 7.46. The molecule has 6 nitrogen and oxygen atoms in total. The van der Waals surface area contributed by atoms with Crippen molar-refractivity contribution in [1.29, 1.82) is 0 Å². The number of carbonyl (C=O) groups is 2. The molecule has 1 fully saturated rings. The molecule has 1 saturated heterocycles. The maximum absolute atomic E-state index is 12.0. The van der Waals surface area contributed by atoms with Crippen LogP contribution in [0.25, 0.3) is 0 Å². The third-order valence-corrected chi connectivity index (χ3v) is 4.58. The number of aryl methyl sites for hydroxylation is 1. The summed E-state index contributed by atoms with van der Waals surface area (Å²) in [5.74, 6) is -0.782. The van der Waals surface area contributed by atoms with Crippen LogP contribution in [-0.4, -0.2) is 40.1 Å². The topological polar surface area (TPSA) is 82.5 Å². The molecule has 2 rings (SSSR count). The van der Waals surface area contributed by atoms with Crippen molar-refractivity contribution < 1.29 is 14.7 Å². The van der Waals surface area contributed by atoms with Gasteiger partial charge in [0.05, 0.1) is 22.7 Å². The van der Waals surface area contributed by atoms with Gasteiger partial charge in [-0.1, -0.05) is 0 Å². The number of nitrogens with zero attached hydrogens (tertiary/aromatic N) is 2. The summed E-state index contributed by atoms with van der Waals surface area (Å²) in [5.41, 5.74) is 0.149. The van der Waals surface area contributed by atoms with E-state index in [1.165, 1.54) is 0 Å². The minimum atomic E-state index is -0.782. The third-order valence-electron chi connectivity index (χ3n) is 3.76. The summed E-state index contributed by atoms with van der Waals surface area (Å²) >= 11 is 1.55. The zero-order chi connectivity index (χ0) is 14.8. The van der Waals surface area contributed by atoms with Gasteiger partial charge in [-0.2, -0.15) is 0 Å². The number of aromatic nitrogens is 1. The van der Waals surface area contributed by atoms with Crippen molar-refractivity contribution in [2.24, 2.45) is 5.41 Å². The molecule has 0 bridgehead atoms. The standard InChI is InChI=1S/C13H19N3O3S/c1-9-15-10(8-20-9)7-14-12(19)16-5-3-13(2,4-6-16)11(17)18/h8H,3-7H2,1-2H3,(H,14,19)(H,17,18). The summed E-state index contributed by atoms with van der Waals surface area (Å²) in [7, 11) is 0. The van der Waals surface area contributed by atoms with Crippen molar-refractivity contribution in [3.63, 3.8) is 0 Å². The summed E-state index contributed by atoms with van der Waals surface area (Å²) in [6, 6.07) is -0.150. The van der Waals surface area contributed by atoms with E-state index in [2.05, 4.69) is 10.3 Å². The first-order chi connectivity index (χ1) is 9.40. The molecule has 1 aromatic rings. The van der Waals surface area contributed by atoms with Gasteiger partial charge in [-0.05, 0) is 26.7 Å². The van der Waals surface area contributed by atoms with Gasteiger partial charge in [0, 0.05) is 18.5 Å². The molecule has 0 aliphatic carbocycles. The molecule has 0 aromatic carbocycles. The first-order valence-electron chi connectivity index (χ1n) is 6.58. The van der Waals surface area contributed by atoms with Crippen LogP contribution in [0.2, 0.25) is 0 Å². The van der Waals surface area contributed by atoms with Gasteiger partial charge in [0.1, 0.15) is 0 Å². The zero-order valence-corrected chi connectivity index (χ0v) is 12.5. The van der Waals surface area contributed by atoms with Gasteiger partial charge in [-0.25, -0.2) is 9.78 Å². The van der Waals surface area contributed by atoms with Gasteiger partial charge < -0.3 is 15.3 Å². The van der Waals surface area contributed by atoms with Crippen LogP contribution in [-0.2, 0) is 11.3 Å². The van der Waals surface area contributed by atoms with Crippen molar-refractivity contribution in [3.8, 4) is 0 Å². The lowest BCUT2D eigenvalue weighted by molar-refractivity contribution is -0.150. The molecular formula is C13H19N3O3S. The summed E-state index contributed by atoms with van der Waals surface area (Å²) in [4.78, 5) is 29.1. The van der Waals surface area contributed by atoms with Crippen LogP contribution in [0.1, 0.15) is 30.5 Å². The Hall–Kier alpha value is -1.63. The van der Waals surface area contributed by atoms with E-state index in [1.807, 2.05) is 12.3 Å². The monoisotopic (exact) mass is 297 g/mol. The molecule has 1 aromatic heterocycles. The minimum Gasteiger partial charge on any atom is -0.481 e. The predicted octanol–water partition coefficient (Wildman–Crippen LogP) is 1.85. The predicted molar refractivity (Wildman–Crippen MR) is 75.6 cm³/mol. The van der Waals surface area contributed by atoms with E-state index >= 15 is 0 Å². The van der Waals surface area contributed by atoms with E-state index in [0.29, 0.717) is 32.5 Å². The molecule has 0 saturated carbocycles. The first kappa shape index (κ1) is 14.8. The highest BCUT2D eigenvalue weighted by molar-refractivity contribution is 7.09. The number of thiazole rings is 1. The second kappa shape index (κ2) is 5.78. The van der Waals surface area contributed by atoms with Gasteiger partial charge in [-0.3, -0.25) is 4.79 Å². The molecule has 20 heavy (non-hydrogen) atoms. The van der Waals surface area contributed by atoms with Crippen LogP contribution in [0.15, 0.2) is 5.38 Å². The number of piperidine rings is 1. The van der Waals surface area contributed by atoms with E-state index in [4.69, 9.17) is 5.11 Å². The average Bonchev–Trinajstić information content (AvgIpc) is 2.82. The third kappa shape index (κ3) is 3.27. The van der Waals surface area contributed by atoms with Crippen molar-refractivity contribution in [2.45, 2.75) is 33.2 Å². The molecule has 1 aliphatic rings. The number of likely N-dealkylation sites (tertiary alicyclic amines) is 1. The Balaban J connectivity index is 1.81. The highest BCUT2D eigenvalue weighted by Gasteiger charge is 2.37. The van der Waals surface area contributed by atoms with E-state index in [9.17, 15) is 9.59 Å². The quantitative estimate of drug-likeness (QED) is 0.892. The van der Waals surface area contributed by atoms with Crippen molar-refractivity contribution >= 4 is 23.3 Å². The van der Waals surface area contributed by atoms with Gasteiger partial charge in [0.15, 0.2) is 0 Å². The van der Waals surface area contributed by atoms with E-state index in [1.54, 1.807) is 23.2 Å². The Morgan fingerprint density at radius 2 is 2.15 bits per heavy atom. The fourth-order valence-corrected chi connectivity index (χ4v) is 2.80. The number of nitrogens with one attached hydrogen (secondary N) is 1. The largest absolute Gasteiger partial charge is 0.481 e. The normalized spacial score (nSPS) is 17.8. The van der Waals surface area contributed by atoms with Gasteiger partial charge in [-0.15, -0.1) is 11.3 Å². The second-order valence-electron chi connectivity index (χ2n) is 5.37. The minimum absolute atomic E-state index is 0.150. The highest BCUT2D eigenvalue weighted by atomic mass is 32.1. The number of hydrogen-bond donors (Lipinski definition) is 2. The summed E-state index contributed by atoms with van der Waals surface area (Å²) in [6.07, 6.45) is 0.983. The number of aliphatic carboxylic acids is 1. The maximum atomic E-state index is 12.0. The molecule has 2 heterocycles. The highest BCUT2D eigenvalue weighted by Crippen LogP contribution is 2.30. The van der Waals surface area contributed by atoms with Gasteiger partial charge in [0.2, 0.25) is 0 Å². The van der Waals surface area contributed by atoms with E-state index < -0.39 is 11.4 Å². The molecule has 7 heteroatoms. The zero-order valence-electron chi connectivity index (χ0n) is 11.7. The number of urea groups is 1. The lowest BCUT2D eigenvalue weighted by atomic mass is 9.80. The van der Waals surface area contributed by atoms with Crippen LogP contribution in [0.3, 0.4) is 0 Å². The number of carbonyl (C=O) groups excluding carboxylic acids is 1. The van der Waals surface area contributed by atoms with E-state index in [-0.39, 0.29) is 6.03 Å². The van der Waals surface area contributed by atoms with Crippen molar-refractivity contribution in [3.05, 3.63) is 16.1 Å². The van der Waals surface area contributed by atoms with Gasteiger partial charge >= 0.3 is 12.0 Å². The lowest BCUT2D eigenvalue weighted by Crippen LogP contribution is -2.48. The van der Waals surface area contributed by atoms with Crippen LogP contribution in [0, 0.1) is 12.3 Å². The maximum Gasteiger partial charge on any atom is 0.317 e. The average molecular weight is 297 g/mol. The Morgan fingerprint density at radius 1 is 1.50 bits per heavy atom. The summed E-state index contributed by atoms with van der Waals surface area (Å²) < 4.78 is 0. The molecule has 0 radical (unpaired) electrons. The van der Waals surface area contributed by atoms with Gasteiger partial charge in [0.25, 0.3) is 0 Å². The Labute approximate surface area is 121 Å². The molecule has 0 atom stereocenters. The molecule has 1 aliphatic heterocycles. The smallest absolute Gasteiger partial charge is 0.317 e. The Bertz CT molecular complexity index is 507. The fourth-order valence-electron chi connectivity index (χ4n) is 2.18. The van der Waals surface area contributed by atoms with Crippen LogP contribution >= 0.6 is 11.3 Å². The van der Waals surface area contributed by atoms with Crippen molar-refractivity contribution in [1.82, 2.24) is 15.2 Å². The molecule has 0 spiro atoms. The van der Waals surface area contributed by atoms with E-state index in [0.717, 1.165) is 10.7 Å². The second-order valence-corrected chi connectivity index (χ2v) is 6.43. The van der Waals surface area contributed by atoms with Crippen LogP contribution in [0.4, 0.5) is 4.79 Å². The SMILES string of the molecule is Cc1nc(CNC(=O)N2CCC(C)(C(=O)O)CC2)cs1. The molecule has 2 amide bonds. The Morgan fingerprint density at radius 3 is 2.65 bits per heavy atom. The number of carboxylic acids is 1. The molecule has 0 unspecified atom stereocenters. The number of amides is 2. The Kier molecular flexibility index (Phi) is 4.27. The van der Waals surface area contributed by atoms with Crippen LogP contribution < -0.4 is 5.32 Å². The summed E-state index contributed by atoms with van der Waals surface area (Å²) in [5, 5.41) is 14.9. The van der Waals surface area contributed by atoms with Crippen LogP contribution in [0.5, 0.6) is 0 Å². The molecular weight excluding hydrogens is 278 g/mol. The molecule has 2 N–H and O–H groups in total. The fraction of sp³-hybridized carbons (Fsp3) is 0.615. The summed E-state index contributed by atoms with van der Waals surface area (Å²) in [6.45, 7) is 5.03. The van der Waals surface area contributed by atoms with Crippen molar-refractivity contribution in [2.75, 3.05) is 13.1 Å². The number of hydrogen-bond acceptors (Lipinski definition) is 4.